The number of hydrogen-bond donors (Lipinski definition) is 3. The summed E-state index contributed by atoms with van der Waals surface area (Å²) >= 11 is 0. The summed E-state index contributed by atoms with van der Waals surface area (Å²) in [7, 11) is 4.01. The molecule has 0 saturated carbocycles. The summed E-state index contributed by atoms with van der Waals surface area (Å²) in [4.78, 5) is 0. The van der Waals surface area contributed by atoms with Gasteiger partial charge in [-0.1, -0.05) is 13.0 Å². The summed E-state index contributed by atoms with van der Waals surface area (Å²) in [5.74, 6) is 0. The molecule has 1 aliphatic rings. The number of likely N-dealkylation sites (N-methyl/N-ethyl adjacent to an activating group) is 1. The number of nitrogens with one attached hydrogen (secondary N) is 3. The van der Waals surface area contributed by atoms with Crippen molar-refractivity contribution in [3.8, 4) is 0 Å². The Bertz CT molecular complexity index is 256. The third kappa shape index (κ3) is 3.99. The van der Waals surface area contributed by atoms with Crippen LogP contribution in [0, 0.1) is 0 Å². The highest BCUT2D eigenvalue weighted by Crippen LogP contribution is 2.15. The first-order valence-corrected chi connectivity index (χ1v) is 6.29. The van der Waals surface area contributed by atoms with Crippen molar-refractivity contribution < 1.29 is 0 Å². The number of dihydropyridines is 1. The maximum absolute atomic E-state index is 3.54. The Morgan fingerprint density at radius 3 is 2.69 bits per heavy atom. The van der Waals surface area contributed by atoms with E-state index in [4.69, 9.17) is 0 Å². The first-order valence-electron chi connectivity index (χ1n) is 6.29. The monoisotopic (exact) mass is 223 g/mol. The Labute approximate surface area is 99.4 Å². The van der Waals surface area contributed by atoms with Crippen LogP contribution in [0.2, 0.25) is 0 Å². The van der Waals surface area contributed by atoms with Gasteiger partial charge in [-0.3, -0.25) is 5.32 Å². The van der Waals surface area contributed by atoms with Gasteiger partial charge in [-0.25, -0.2) is 0 Å². The largest absolute Gasteiger partial charge is 0.370 e. The Hall–Kier alpha value is -0.800. The molecule has 0 saturated heterocycles. The summed E-state index contributed by atoms with van der Waals surface area (Å²) in [6, 6.07) is 0. The summed E-state index contributed by atoms with van der Waals surface area (Å²) in [6.07, 6.45) is 9.54. The van der Waals surface area contributed by atoms with Crippen LogP contribution in [0.15, 0.2) is 23.4 Å². The molecule has 1 unspecified atom stereocenters. The van der Waals surface area contributed by atoms with Gasteiger partial charge in [0.2, 0.25) is 0 Å². The lowest BCUT2D eigenvalue weighted by molar-refractivity contribution is 0.522. The lowest BCUT2D eigenvalue weighted by Crippen LogP contribution is -2.42. The van der Waals surface area contributed by atoms with Crippen molar-refractivity contribution in [3.05, 3.63) is 23.4 Å². The van der Waals surface area contributed by atoms with Crippen LogP contribution in [-0.2, 0) is 0 Å². The zero-order valence-corrected chi connectivity index (χ0v) is 10.8. The molecule has 0 aliphatic carbocycles. The van der Waals surface area contributed by atoms with Crippen LogP contribution in [0.1, 0.15) is 32.6 Å². The molecule has 3 heteroatoms. The van der Waals surface area contributed by atoms with E-state index in [2.05, 4.69) is 35.0 Å². The topological polar surface area (TPSA) is 36.1 Å². The van der Waals surface area contributed by atoms with Crippen LogP contribution in [0.4, 0.5) is 0 Å². The van der Waals surface area contributed by atoms with Gasteiger partial charge in [-0.2, -0.15) is 0 Å². The smallest absolute Gasteiger partial charge is 0.0989 e. The average molecular weight is 223 g/mol. The molecule has 0 aromatic heterocycles. The first-order chi connectivity index (χ1) is 7.81. The zero-order valence-electron chi connectivity index (χ0n) is 10.8. The fourth-order valence-electron chi connectivity index (χ4n) is 1.98. The molecule has 16 heavy (non-hydrogen) atoms. The van der Waals surface area contributed by atoms with E-state index in [1.807, 2.05) is 14.1 Å². The average Bonchev–Trinajstić information content (AvgIpc) is 2.34. The van der Waals surface area contributed by atoms with E-state index >= 15 is 0 Å². The predicted molar refractivity (Wildman–Crippen MR) is 70.2 cm³/mol. The maximum Gasteiger partial charge on any atom is 0.0989 e. The van der Waals surface area contributed by atoms with Crippen LogP contribution in [0.3, 0.4) is 0 Å². The quantitative estimate of drug-likeness (QED) is 0.575. The summed E-state index contributed by atoms with van der Waals surface area (Å²) in [6.45, 7) is 3.31. The molecular weight excluding hydrogens is 198 g/mol. The van der Waals surface area contributed by atoms with Crippen molar-refractivity contribution in [2.45, 2.75) is 38.8 Å². The van der Waals surface area contributed by atoms with Crippen LogP contribution >= 0.6 is 0 Å². The third-order valence-electron chi connectivity index (χ3n) is 3.02. The molecule has 0 amide bonds. The molecule has 1 rings (SSSR count). The van der Waals surface area contributed by atoms with Crippen molar-refractivity contribution in [1.82, 2.24) is 16.0 Å². The van der Waals surface area contributed by atoms with Crippen molar-refractivity contribution in [1.29, 1.82) is 0 Å². The molecule has 1 heterocycles. The SMILES string of the molecule is CCC1=CC=C(CCCCNC)NC1NC. The van der Waals surface area contributed by atoms with Crippen molar-refractivity contribution in [2.75, 3.05) is 20.6 Å². The molecule has 1 aliphatic heterocycles. The minimum atomic E-state index is 0.328. The van der Waals surface area contributed by atoms with E-state index in [1.165, 1.54) is 24.1 Å². The number of unbranched alkanes of at least 4 members (excludes halogenated alkanes) is 1. The second kappa shape index (κ2) is 7.47. The number of rotatable bonds is 7. The van der Waals surface area contributed by atoms with Crippen LogP contribution in [0.5, 0.6) is 0 Å². The summed E-state index contributed by atoms with van der Waals surface area (Å²) < 4.78 is 0. The molecule has 0 radical (unpaired) electrons. The normalized spacial score (nSPS) is 20.1. The highest BCUT2D eigenvalue weighted by molar-refractivity contribution is 5.26. The van der Waals surface area contributed by atoms with Gasteiger partial charge in [0.15, 0.2) is 0 Å². The molecule has 3 N–H and O–H groups in total. The van der Waals surface area contributed by atoms with Crippen molar-refractivity contribution in [2.24, 2.45) is 0 Å². The standard InChI is InChI=1S/C13H25N3/c1-4-11-8-9-12(16-13(11)15-3)7-5-6-10-14-2/h8-9,13-16H,4-7,10H2,1-3H3. The number of allylic oxidation sites excluding steroid dienone is 3. The minimum Gasteiger partial charge on any atom is -0.370 e. The van der Waals surface area contributed by atoms with Gasteiger partial charge in [-0.15, -0.1) is 0 Å². The first kappa shape index (κ1) is 13.3. The Kier molecular flexibility index (Phi) is 6.19. The van der Waals surface area contributed by atoms with Crippen molar-refractivity contribution >= 4 is 0 Å². The fraction of sp³-hybridized carbons (Fsp3) is 0.692. The van der Waals surface area contributed by atoms with Gasteiger partial charge in [0.1, 0.15) is 0 Å². The van der Waals surface area contributed by atoms with E-state index in [0.717, 1.165) is 19.4 Å². The highest BCUT2D eigenvalue weighted by atomic mass is 15.1. The predicted octanol–water partition coefficient (Wildman–Crippen LogP) is 1.75. The summed E-state index contributed by atoms with van der Waals surface area (Å²) in [5, 5.41) is 10.0. The van der Waals surface area contributed by atoms with Crippen LogP contribution in [-0.4, -0.2) is 26.8 Å². The fourth-order valence-corrected chi connectivity index (χ4v) is 1.98. The molecular formula is C13H25N3. The lowest BCUT2D eigenvalue weighted by Gasteiger charge is -2.26. The van der Waals surface area contributed by atoms with Gasteiger partial charge in [0.05, 0.1) is 6.17 Å². The van der Waals surface area contributed by atoms with E-state index in [-0.39, 0.29) is 0 Å². The van der Waals surface area contributed by atoms with Crippen molar-refractivity contribution in [3.63, 3.8) is 0 Å². The van der Waals surface area contributed by atoms with Gasteiger partial charge in [-0.05, 0) is 58.0 Å². The Balaban J connectivity index is 2.38. The maximum atomic E-state index is 3.54. The van der Waals surface area contributed by atoms with Gasteiger partial charge < -0.3 is 10.6 Å². The second-order valence-electron chi connectivity index (χ2n) is 4.21. The third-order valence-corrected chi connectivity index (χ3v) is 3.02. The van der Waals surface area contributed by atoms with Gasteiger partial charge >= 0.3 is 0 Å². The van der Waals surface area contributed by atoms with E-state index in [9.17, 15) is 0 Å². The van der Waals surface area contributed by atoms with Gasteiger partial charge in [0, 0.05) is 5.70 Å². The van der Waals surface area contributed by atoms with Gasteiger partial charge in [0.25, 0.3) is 0 Å². The minimum absolute atomic E-state index is 0.328. The lowest BCUT2D eigenvalue weighted by atomic mass is 10.0. The zero-order chi connectivity index (χ0) is 11.8. The molecule has 1 atom stereocenters. The Morgan fingerprint density at radius 2 is 2.06 bits per heavy atom. The van der Waals surface area contributed by atoms with Crippen LogP contribution < -0.4 is 16.0 Å². The second-order valence-corrected chi connectivity index (χ2v) is 4.21. The van der Waals surface area contributed by atoms with Crippen LogP contribution in [0.25, 0.3) is 0 Å². The molecule has 0 spiro atoms. The number of hydrogen-bond acceptors (Lipinski definition) is 3. The molecule has 0 bridgehead atoms. The Morgan fingerprint density at radius 1 is 1.25 bits per heavy atom. The molecule has 0 aromatic rings. The molecule has 0 fully saturated rings. The van der Waals surface area contributed by atoms with E-state index < -0.39 is 0 Å². The molecule has 0 aromatic carbocycles. The van der Waals surface area contributed by atoms with E-state index in [1.54, 1.807) is 0 Å². The van der Waals surface area contributed by atoms with E-state index in [0.29, 0.717) is 6.17 Å². The highest BCUT2D eigenvalue weighted by Gasteiger charge is 2.14. The molecule has 3 nitrogen and oxygen atoms in total. The summed E-state index contributed by atoms with van der Waals surface area (Å²) in [5.41, 5.74) is 2.79. The molecule has 92 valence electrons.